The van der Waals surface area contributed by atoms with Crippen molar-refractivity contribution < 1.29 is 4.79 Å². The minimum atomic E-state index is 0.145. The molecule has 3 nitrogen and oxygen atoms in total. The highest BCUT2D eigenvalue weighted by molar-refractivity contribution is 5.78. The summed E-state index contributed by atoms with van der Waals surface area (Å²) in [6, 6.07) is 0.329. The number of hydrogen-bond acceptors (Lipinski definition) is 2. The van der Waals surface area contributed by atoms with Crippen molar-refractivity contribution in [2.45, 2.75) is 59.0 Å². The van der Waals surface area contributed by atoms with Crippen LogP contribution in [-0.4, -0.2) is 18.0 Å². The van der Waals surface area contributed by atoms with E-state index >= 15 is 0 Å². The number of hydrogen-bond donors (Lipinski definition) is 2. The number of amides is 1. The summed E-state index contributed by atoms with van der Waals surface area (Å²) in [6.07, 6.45) is 2.66. The fraction of sp³-hybridized carbons (Fsp3) is 0.909. The maximum atomic E-state index is 11.6. The van der Waals surface area contributed by atoms with Gasteiger partial charge in [-0.3, -0.25) is 4.79 Å². The van der Waals surface area contributed by atoms with Crippen molar-refractivity contribution in [1.29, 1.82) is 0 Å². The van der Waals surface area contributed by atoms with Gasteiger partial charge in [0.2, 0.25) is 5.91 Å². The van der Waals surface area contributed by atoms with E-state index in [0.717, 1.165) is 19.3 Å². The van der Waals surface area contributed by atoms with Crippen LogP contribution < -0.4 is 11.1 Å². The standard InChI is InChI=1S/C11H24N2O/c1-5-10(6-2)11(14)13-9(4)7-8(3)12/h8-10H,5-7,12H2,1-4H3,(H,13,14). The lowest BCUT2D eigenvalue weighted by Gasteiger charge is -2.19. The van der Waals surface area contributed by atoms with Gasteiger partial charge in [0.05, 0.1) is 0 Å². The molecule has 0 fully saturated rings. The van der Waals surface area contributed by atoms with Gasteiger partial charge in [-0.2, -0.15) is 0 Å². The second kappa shape index (κ2) is 6.82. The summed E-state index contributed by atoms with van der Waals surface area (Å²) < 4.78 is 0. The van der Waals surface area contributed by atoms with Gasteiger partial charge < -0.3 is 11.1 Å². The molecule has 0 rings (SSSR count). The molecule has 2 unspecified atom stereocenters. The predicted molar refractivity (Wildman–Crippen MR) is 59.9 cm³/mol. The van der Waals surface area contributed by atoms with Crippen molar-refractivity contribution in [1.82, 2.24) is 5.32 Å². The van der Waals surface area contributed by atoms with Crippen molar-refractivity contribution in [2.75, 3.05) is 0 Å². The van der Waals surface area contributed by atoms with Crippen LogP contribution in [-0.2, 0) is 4.79 Å². The van der Waals surface area contributed by atoms with Gasteiger partial charge in [-0.25, -0.2) is 0 Å². The monoisotopic (exact) mass is 200 g/mol. The third kappa shape index (κ3) is 5.22. The van der Waals surface area contributed by atoms with Gasteiger partial charge in [-0.15, -0.1) is 0 Å². The average Bonchev–Trinajstić information content (AvgIpc) is 2.04. The lowest BCUT2D eigenvalue weighted by atomic mass is 10.0. The maximum absolute atomic E-state index is 11.6. The minimum Gasteiger partial charge on any atom is -0.353 e. The van der Waals surface area contributed by atoms with Gasteiger partial charge in [-0.1, -0.05) is 13.8 Å². The zero-order valence-corrected chi connectivity index (χ0v) is 9.84. The van der Waals surface area contributed by atoms with E-state index in [0.29, 0.717) is 0 Å². The van der Waals surface area contributed by atoms with Crippen molar-refractivity contribution >= 4 is 5.91 Å². The van der Waals surface area contributed by atoms with Gasteiger partial charge in [-0.05, 0) is 33.1 Å². The quantitative estimate of drug-likeness (QED) is 0.685. The van der Waals surface area contributed by atoms with Crippen molar-refractivity contribution in [3.63, 3.8) is 0 Å². The van der Waals surface area contributed by atoms with E-state index in [-0.39, 0.29) is 23.9 Å². The molecule has 2 atom stereocenters. The lowest BCUT2D eigenvalue weighted by Crippen LogP contribution is -2.39. The van der Waals surface area contributed by atoms with E-state index in [9.17, 15) is 4.79 Å². The smallest absolute Gasteiger partial charge is 0.223 e. The van der Waals surface area contributed by atoms with Crippen LogP contribution in [0.25, 0.3) is 0 Å². The summed E-state index contributed by atoms with van der Waals surface area (Å²) in [5.74, 6) is 0.327. The number of carbonyl (C=O) groups excluding carboxylic acids is 1. The zero-order chi connectivity index (χ0) is 11.1. The second-order valence-electron chi connectivity index (χ2n) is 4.14. The lowest BCUT2D eigenvalue weighted by molar-refractivity contribution is -0.125. The largest absolute Gasteiger partial charge is 0.353 e. The van der Waals surface area contributed by atoms with Crippen molar-refractivity contribution in [3.05, 3.63) is 0 Å². The van der Waals surface area contributed by atoms with Gasteiger partial charge in [0.1, 0.15) is 0 Å². The molecule has 3 N–H and O–H groups in total. The van der Waals surface area contributed by atoms with Crippen LogP contribution in [0.2, 0.25) is 0 Å². The van der Waals surface area contributed by atoms with Crippen LogP contribution in [0.15, 0.2) is 0 Å². The first-order valence-electron chi connectivity index (χ1n) is 5.57. The number of nitrogens with one attached hydrogen (secondary N) is 1. The van der Waals surface area contributed by atoms with E-state index in [1.165, 1.54) is 0 Å². The molecule has 0 aliphatic rings. The van der Waals surface area contributed by atoms with Crippen LogP contribution >= 0.6 is 0 Å². The first-order valence-corrected chi connectivity index (χ1v) is 5.57. The molecule has 0 aromatic heterocycles. The molecule has 0 aliphatic heterocycles. The van der Waals surface area contributed by atoms with Crippen molar-refractivity contribution in [3.8, 4) is 0 Å². The molecular formula is C11H24N2O. The Morgan fingerprint density at radius 3 is 2.14 bits per heavy atom. The highest BCUT2D eigenvalue weighted by Gasteiger charge is 2.16. The van der Waals surface area contributed by atoms with Gasteiger partial charge >= 0.3 is 0 Å². The molecule has 3 heteroatoms. The minimum absolute atomic E-state index is 0.145. The Hall–Kier alpha value is -0.570. The molecule has 0 bridgehead atoms. The molecule has 0 aromatic rings. The average molecular weight is 200 g/mol. The number of carbonyl (C=O) groups is 1. The third-order valence-electron chi connectivity index (χ3n) is 2.47. The summed E-state index contributed by atoms with van der Waals surface area (Å²) >= 11 is 0. The summed E-state index contributed by atoms with van der Waals surface area (Å²) in [4.78, 5) is 11.6. The van der Waals surface area contributed by atoms with E-state index in [2.05, 4.69) is 5.32 Å². The van der Waals surface area contributed by atoms with Gasteiger partial charge in [0, 0.05) is 18.0 Å². The van der Waals surface area contributed by atoms with Crippen molar-refractivity contribution in [2.24, 2.45) is 11.7 Å². The van der Waals surface area contributed by atoms with E-state index in [4.69, 9.17) is 5.73 Å². The molecule has 0 aromatic carbocycles. The predicted octanol–water partition coefficient (Wildman–Crippen LogP) is 1.66. The summed E-state index contributed by atoms with van der Waals surface area (Å²) in [7, 11) is 0. The summed E-state index contributed by atoms with van der Waals surface area (Å²) in [6.45, 7) is 8.05. The molecule has 0 aliphatic carbocycles. The Bertz CT molecular complexity index is 165. The normalized spacial score (nSPS) is 15.3. The van der Waals surface area contributed by atoms with E-state index < -0.39 is 0 Å². The molecule has 0 spiro atoms. The highest BCUT2D eigenvalue weighted by Crippen LogP contribution is 2.08. The second-order valence-corrected chi connectivity index (χ2v) is 4.14. The topological polar surface area (TPSA) is 55.1 Å². The Balaban J connectivity index is 3.91. The molecule has 1 amide bonds. The Labute approximate surface area is 87.4 Å². The number of rotatable bonds is 6. The zero-order valence-electron chi connectivity index (χ0n) is 9.84. The molecule has 0 saturated heterocycles. The SMILES string of the molecule is CCC(CC)C(=O)NC(C)CC(C)N. The number of nitrogens with two attached hydrogens (primary N) is 1. The molecule has 14 heavy (non-hydrogen) atoms. The van der Waals surface area contributed by atoms with Crippen LogP contribution in [0.5, 0.6) is 0 Å². The molecule has 84 valence electrons. The summed E-state index contributed by atoms with van der Waals surface area (Å²) in [5, 5.41) is 2.99. The molecule has 0 saturated carbocycles. The fourth-order valence-corrected chi connectivity index (χ4v) is 1.64. The van der Waals surface area contributed by atoms with Crippen LogP contribution in [0.3, 0.4) is 0 Å². The fourth-order valence-electron chi connectivity index (χ4n) is 1.64. The Morgan fingerprint density at radius 1 is 1.29 bits per heavy atom. The van der Waals surface area contributed by atoms with Crippen LogP contribution in [0.4, 0.5) is 0 Å². The Kier molecular flexibility index (Phi) is 6.54. The first kappa shape index (κ1) is 13.4. The molecule has 0 radical (unpaired) electrons. The van der Waals surface area contributed by atoms with E-state index in [1.807, 2.05) is 27.7 Å². The molecule has 0 heterocycles. The molecular weight excluding hydrogens is 176 g/mol. The first-order chi connectivity index (χ1) is 6.51. The summed E-state index contributed by atoms with van der Waals surface area (Å²) in [5.41, 5.74) is 5.66. The van der Waals surface area contributed by atoms with Crippen LogP contribution in [0.1, 0.15) is 47.0 Å². The van der Waals surface area contributed by atoms with Gasteiger partial charge in [0.15, 0.2) is 0 Å². The van der Waals surface area contributed by atoms with E-state index in [1.54, 1.807) is 0 Å². The van der Waals surface area contributed by atoms with Gasteiger partial charge in [0.25, 0.3) is 0 Å². The van der Waals surface area contributed by atoms with Crippen LogP contribution in [0, 0.1) is 5.92 Å². The Morgan fingerprint density at radius 2 is 1.79 bits per heavy atom. The maximum Gasteiger partial charge on any atom is 0.223 e. The third-order valence-corrected chi connectivity index (χ3v) is 2.47. The highest BCUT2D eigenvalue weighted by atomic mass is 16.1.